The molecule has 1 atom stereocenters. The Morgan fingerprint density at radius 3 is 2.27 bits per heavy atom. The molecule has 0 spiro atoms. The molecule has 3 rings (SSSR count). The van der Waals surface area contributed by atoms with Crippen LogP contribution in [0.15, 0.2) is 18.2 Å². The summed E-state index contributed by atoms with van der Waals surface area (Å²) in [6.45, 7) is 4.64. The van der Waals surface area contributed by atoms with Crippen molar-refractivity contribution in [1.29, 1.82) is 0 Å². The van der Waals surface area contributed by atoms with E-state index in [1.165, 1.54) is 63.2 Å². The number of rotatable bonds is 2. The Kier molecular flexibility index (Phi) is 5.91. The SMILES string of the molecule is Cc1ccc(C2=CCC(C3CCC(C)CC3)CC2)c(I)c1I. The van der Waals surface area contributed by atoms with Crippen LogP contribution in [0, 0.1) is 31.8 Å². The van der Waals surface area contributed by atoms with E-state index in [-0.39, 0.29) is 0 Å². The summed E-state index contributed by atoms with van der Waals surface area (Å²) in [6, 6.07) is 4.63. The lowest BCUT2D eigenvalue weighted by Gasteiger charge is -2.34. The van der Waals surface area contributed by atoms with Crippen molar-refractivity contribution in [1.82, 2.24) is 0 Å². The quantitative estimate of drug-likeness (QED) is 0.362. The molecule has 0 heterocycles. The van der Waals surface area contributed by atoms with Gasteiger partial charge in [0.25, 0.3) is 0 Å². The van der Waals surface area contributed by atoms with Crippen LogP contribution in [0.5, 0.6) is 0 Å². The van der Waals surface area contributed by atoms with Crippen molar-refractivity contribution in [2.24, 2.45) is 17.8 Å². The van der Waals surface area contributed by atoms with Gasteiger partial charge in [-0.15, -0.1) is 0 Å². The molecule has 0 radical (unpaired) electrons. The van der Waals surface area contributed by atoms with Crippen molar-refractivity contribution >= 4 is 50.8 Å². The van der Waals surface area contributed by atoms with E-state index >= 15 is 0 Å². The number of hydrogen-bond acceptors (Lipinski definition) is 0. The standard InChI is InChI=1S/C20H26I2/c1-13-3-6-15(7-4-13)16-8-10-17(11-9-16)18-12-5-14(2)19(21)20(18)22/h5,10,12-13,15-16H,3-4,6-9,11H2,1-2H3. The van der Waals surface area contributed by atoms with Crippen LogP contribution >= 0.6 is 45.2 Å². The number of halogens is 2. The molecule has 0 N–H and O–H groups in total. The van der Waals surface area contributed by atoms with E-state index in [2.05, 4.69) is 77.2 Å². The van der Waals surface area contributed by atoms with Crippen LogP contribution in [0.2, 0.25) is 0 Å². The van der Waals surface area contributed by atoms with Crippen molar-refractivity contribution in [3.05, 3.63) is 36.5 Å². The summed E-state index contributed by atoms with van der Waals surface area (Å²) in [4.78, 5) is 0. The monoisotopic (exact) mass is 520 g/mol. The minimum absolute atomic E-state index is 0.957. The van der Waals surface area contributed by atoms with Gasteiger partial charge in [-0.25, -0.2) is 0 Å². The molecular weight excluding hydrogens is 494 g/mol. The summed E-state index contributed by atoms with van der Waals surface area (Å²) in [7, 11) is 0. The number of benzene rings is 1. The van der Waals surface area contributed by atoms with Gasteiger partial charge in [0.15, 0.2) is 0 Å². The molecule has 0 amide bonds. The fourth-order valence-electron chi connectivity index (χ4n) is 4.18. The third-order valence-electron chi connectivity index (χ3n) is 5.80. The summed E-state index contributed by atoms with van der Waals surface area (Å²) >= 11 is 5.03. The van der Waals surface area contributed by atoms with Gasteiger partial charge in [0, 0.05) is 7.14 Å². The maximum Gasteiger partial charge on any atom is 0.0341 e. The Morgan fingerprint density at radius 1 is 0.909 bits per heavy atom. The predicted molar refractivity (Wildman–Crippen MR) is 113 cm³/mol. The topological polar surface area (TPSA) is 0 Å². The van der Waals surface area contributed by atoms with Crippen molar-refractivity contribution < 1.29 is 0 Å². The highest BCUT2D eigenvalue weighted by molar-refractivity contribution is 14.1. The lowest BCUT2D eigenvalue weighted by molar-refractivity contribution is 0.202. The van der Waals surface area contributed by atoms with Gasteiger partial charge in [0.05, 0.1) is 0 Å². The molecule has 1 saturated carbocycles. The summed E-state index contributed by atoms with van der Waals surface area (Å²) in [5, 5.41) is 0. The molecule has 0 bridgehead atoms. The average molecular weight is 520 g/mol. The minimum atomic E-state index is 0.957. The summed E-state index contributed by atoms with van der Waals surface area (Å²) in [6.07, 6.45) is 12.5. The van der Waals surface area contributed by atoms with Gasteiger partial charge in [0.2, 0.25) is 0 Å². The van der Waals surface area contributed by atoms with Gasteiger partial charge >= 0.3 is 0 Å². The Balaban J connectivity index is 1.70. The van der Waals surface area contributed by atoms with Crippen molar-refractivity contribution in [3.63, 3.8) is 0 Å². The molecule has 0 aromatic heterocycles. The maximum atomic E-state index is 2.56. The van der Waals surface area contributed by atoms with E-state index in [4.69, 9.17) is 0 Å². The summed E-state index contributed by atoms with van der Waals surface area (Å²) in [5.74, 6) is 2.94. The van der Waals surface area contributed by atoms with E-state index in [1.807, 2.05) is 0 Å². The summed E-state index contributed by atoms with van der Waals surface area (Å²) < 4.78 is 2.88. The van der Waals surface area contributed by atoms with Crippen LogP contribution in [0.3, 0.4) is 0 Å². The molecule has 2 aliphatic carbocycles. The Morgan fingerprint density at radius 2 is 1.64 bits per heavy atom. The largest absolute Gasteiger partial charge is 0.0804 e. The molecule has 1 aromatic rings. The van der Waals surface area contributed by atoms with E-state index < -0.39 is 0 Å². The van der Waals surface area contributed by atoms with Crippen molar-refractivity contribution in [2.75, 3.05) is 0 Å². The lowest BCUT2D eigenvalue weighted by atomic mass is 9.71. The average Bonchev–Trinajstić information content (AvgIpc) is 2.54. The van der Waals surface area contributed by atoms with Crippen molar-refractivity contribution in [3.8, 4) is 0 Å². The predicted octanol–water partition coefficient (Wildman–Crippen LogP) is 7.21. The van der Waals surface area contributed by atoms with Crippen LogP contribution in [0.25, 0.3) is 5.57 Å². The molecule has 120 valence electrons. The fraction of sp³-hybridized carbons (Fsp3) is 0.600. The van der Waals surface area contributed by atoms with Crippen LogP contribution in [0.1, 0.15) is 63.0 Å². The molecule has 1 fully saturated rings. The third-order valence-corrected chi connectivity index (χ3v) is 9.34. The molecule has 0 aliphatic heterocycles. The zero-order valence-corrected chi connectivity index (χ0v) is 18.0. The van der Waals surface area contributed by atoms with Crippen molar-refractivity contribution in [2.45, 2.75) is 58.8 Å². The second-order valence-corrected chi connectivity index (χ2v) is 9.50. The lowest BCUT2D eigenvalue weighted by Crippen LogP contribution is -2.22. The van der Waals surface area contributed by atoms with Gasteiger partial charge in [-0.2, -0.15) is 0 Å². The highest BCUT2D eigenvalue weighted by Gasteiger charge is 2.27. The highest BCUT2D eigenvalue weighted by Crippen LogP contribution is 2.42. The van der Waals surface area contributed by atoms with E-state index in [1.54, 1.807) is 5.57 Å². The fourth-order valence-corrected chi connectivity index (χ4v) is 5.60. The molecule has 1 aromatic carbocycles. The normalized spacial score (nSPS) is 29.3. The van der Waals surface area contributed by atoms with E-state index in [0.717, 1.165) is 17.8 Å². The minimum Gasteiger partial charge on any atom is -0.0804 e. The first-order valence-corrected chi connectivity index (χ1v) is 10.9. The van der Waals surface area contributed by atoms with E-state index in [0.29, 0.717) is 0 Å². The second-order valence-electron chi connectivity index (χ2n) is 7.34. The smallest absolute Gasteiger partial charge is 0.0341 e. The molecular formula is C20H26I2. The van der Waals surface area contributed by atoms with Gasteiger partial charge in [-0.05, 0) is 119 Å². The molecule has 0 nitrogen and oxygen atoms in total. The first-order valence-electron chi connectivity index (χ1n) is 8.70. The van der Waals surface area contributed by atoms with Crippen LogP contribution < -0.4 is 0 Å². The first-order chi connectivity index (χ1) is 10.6. The Bertz CT molecular complexity index is 565. The zero-order valence-electron chi connectivity index (χ0n) is 13.7. The zero-order chi connectivity index (χ0) is 15.7. The first kappa shape index (κ1) is 17.2. The summed E-state index contributed by atoms with van der Waals surface area (Å²) in [5.41, 5.74) is 4.49. The van der Waals surface area contributed by atoms with E-state index in [9.17, 15) is 0 Å². The molecule has 2 heteroatoms. The Labute approximate surface area is 162 Å². The van der Waals surface area contributed by atoms with Gasteiger partial charge in [-0.3, -0.25) is 0 Å². The van der Waals surface area contributed by atoms with Gasteiger partial charge < -0.3 is 0 Å². The second kappa shape index (κ2) is 7.54. The Hall–Kier alpha value is 0.420. The molecule has 2 aliphatic rings. The van der Waals surface area contributed by atoms with Crippen LogP contribution in [0.4, 0.5) is 0 Å². The van der Waals surface area contributed by atoms with Crippen LogP contribution in [-0.2, 0) is 0 Å². The number of hydrogen-bond donors (Lipinski definition) is 0. The van der Waals surface area contributed by atoms with Gasteiger partial charge in [0.1, 0.15) is 0 Å². The molecule has 1 unspecified atom stereocenters. The van der Waals surface area contributed by atoms with Gasteiger partial charge in [-0.1, -0.05) is 38.0 Å². The number of aryl methyl sites for hydroxylation is 1. The third kappa shape index (κ3) is 3.73. The number of allylic oxidation sites excluding steroid dienone is 2. The van der Waals surface area contributed by atoms with Crippen LogP contribution in [-0.4, -0.2) is 0 Å². The maximum absolute atomic E-state index is 2.56. The molecule has 0 saturated heterocycles. The molecule has 22 heavy (non-hydrogen) atoms. The highest BCUT2D eigenvalue weighted by atomic mass is 127.